The van der Waals surface area contributed by atoms with Crippen LogP contribution in [-0.4, -0.2) is 39.4 Å². The summed E-state index contributed by atoms with van der Waals surface area (Å²) in [6.45, 7) is 4.35. The van der Waals surface area contributed by atoms with E-state index in [9.17, 15) is 20.1 Å². The summed E-state index contributed by atoms with van der Waals surface area (Å²) < 4.78 is 0. The quantitative estimate of drug-likeness (QED) is 0.636. The first-order chi connectivity index (χ1) is 10.7. The zero-order valence-electron chi connectivity index (χ0n) is 14.2. The number of aliphatic hydroxyl groups is 3. The van der Waals surface area contributed by atoms with Crippen LogP contribution in [0.2, 0.25) is 0 Å². The standard InChI is InChI=1S/C19H30O4/c1-18-8-12(21)7-13(18)16-14(22)6-10-5-11(20)3-4-19(10,2)17(16)15(23)9-18/h10-14,16-17,20-22H,3-9H2,1-2H3/t10-,11-,12+,13+,14-,16-,17-,18+,19+/m1/s1. The highest BCUT2D eigenvalue weighted by atomic mass is 16.3. The van der Waals surface area contributed by atoms with Crippen LogP contribution in [0.15, 0.2) is 0 Å². The van der Waals surface area contributed by atoms with E-state index < -0.39 is 6.10 Å². The van der Waals surface area contributed by atoms with Crippen LogP contribution < -0.4 is 0 Å². The lowest BCUT2D eigenvalue weighted by molar-refractivity contribution is -0.179. The summed E-state index contributed by atoms with van der Waals surface area (Å²) in [5.74, 6) is 0.689. The SMILES string of the molecule is C[C@]12CC(=O)[C@@H]3[C@@H]([C@H](O)C[C@H]4C[C@H](O)CC[C@@]43C)[C@@H]1C[C@H](O)C2. The molecule has 0 spiro atoms. The van der Waals surface area contributed by atoms with Gasteiger partial charge in [-0.2, -0.15) is 0 Å². The Labute approximate surface area is 138 Å². The fraction of sp³-hybridized carbons (Fsp3) is 0.947. The number of ketones is 1. The van der Waals surface area contributed by atoms with Crippen molar-refractivity contribution in [3.05, 3.63) is 0 Å². The first kappa shape index (κ1) is 16.0. The smallest absolute Gasteiger partial charge is 0.137 e. The number of rotatable bonds is 0. The number of carbonyl (C=O) groups is 1. The Balaban J connectivity index is 1.73. The minimum atomic E-state index is -0.470. The molecular formula is C19H30O4. The minimum absolute atomic E-state index is 0.00473. The van der Waals surface area contributed by atoms with E-state index >= 15 is 0 Å². The van der Waals surface area contributed by atoms with Gasteiger partial charge in [0.15, 0.2) is 0 Å². The number of fused-ring (bicyclic) bond motifs is 5. The minimum Gasteiger partial charge on any atom is -0.393 e. The Hall–Kier alpha value is -0.450. The van der Waals surface area contributed by atoms with Crippen LogP contribution in [0.25, 0.3) is 0 Å². The first-order valence-electron chi connectivity index (χ1n) is 9.31. The first-order valence-corrected chi connectivity index (χ1v) is 9.31. The lowest BCUT2D eigenvalue weighted by Crippen LogP contribution is -2.61. The topological polar surface area (TPSA) is 77.8 Å². The molecule has 0 aliphatic heterocycles. The molecule has 0 aromatic carbocycles. The predicted molar refractivity (Wildman–Crippen MR) is 85.5 cm³/mol. The van der Waals surface area contributed by atoms with Crippen molar-refractivity contribution in [2.45, 2.75) is 77.1 Å². The van der Waals surface area contributed by atoms with Gasteiger partial charge in [-0.05, 0) is 67.1 Å². The Bertz CT molecular complexity index is 519. The highest BCUT2D eigenvalue weighted by Crippen LogP contribution is 2.65. The summed E-state index contributed by atoms with van der Waals surface area (Å²) in [6.07, 6.45) is 3.95. The average Bonchev–Trinajstić information content (AvgIpc) is 2.74. The zero-order valence-corrected chi connectivity index (χ0v) is 14.2. The second kappa shape index (κ2) is 5.03. The number of carbonyl (C=O) groups excluding carboxylic acids is 1. The van der Waals surface area contributed by atoms with Gasteiger partial charge in [0.1, 0.15) is 5.78 Å². The number of Topliss-reactive ketones (excluding diaryl/α,β-unsaturated/α-hetero) is 1. The molecule has 4 saturated carbocycles. The lowest BCUT2D eigenvalue weighted by Gasteiger charge is -2.60. The largest absolute Gasteiger partial charge is 0.393 e. The third-order valence-corrected chi connectivity index (χ3v) is 8.08. The van der Waals surface area contributed by atoms with Crippen LogP contribution in [0.1, 0.15) is 58.8 Å². The van der Waals surface area contributed by atoms with E-state index in [1.807, 2.05) is 0 Å². The fourth-order valence-electron chi connectivity index (χ4n) is 7.05. The zero-order chi connectivity index (χ0) is 16.6. The van der Waals surface area contributed by atoms with E-state index in [1.54, 1.807) is 0 Å². The maximum Gasteiger partial charge on any atom is 0.137 e. The predicted octanol–water partition coefficient (Wildman–Crippen LogP) is 1.90. The molecule has 4 heteroatoms. The molecule has 4 aliphatic rings. The van der Waals surface area contributed by atoms with Gasteiger partial charge in [-0.1, -0.05) is 13.8 Å². The third-order valence-electron chi connectivity index (χ3n) is 8.08. The van der Waals surface area contributed by atoms with E-state index in [0.717, 1.165) is 19.3 Å². The van der Waals surface area contributed by atoms with Crippen LogP contribution >= 0.6 is 0 Å². The van der Waals surface area contributed by atoms with Crippen LogP contribution in [0.5, 0.6) is 0 Å². The number of hydrogen-bond acceptors (Lipinski definition) is 4. The van der Waals surface area contributed by atoms with Gasteiger partial charge >= 0.3 is 0 Å². The van der Waals surface area contributed by atoms with Crippen LogP contribution in [0, 0.1) is 34.5 Å². The number of hydrogen-bond donors (Lipinski definition) is 3. The van der Waals surface area contributed by atoms with Gasteiger partial charge in [0, 0.05) is 12.3 Å². The van der Waals surface area contributed by atoms with Crippen molar-refractivity contribution in [3.8, 4) is 0 Å². The van der Waals surface area contributed by atoms with Crippen molar-refractivity contribution in [1.82, 2.24) is 0 Å². The van der Waals surface area contributed by atoms with Crippen molar-refractivity contribution in [1.29, 1.82) is 0 Å². The van der Waals surface area contributed by atoms with Gasteiger partial charge in [0.2, 0.25) is 0 Å². The van der Waals surface area contributed by atoms with E-state index in [1.165, 1.54) is 0 Å². The van der Waals surface area contributed by atoms with Gasteiger partial charge in [-0.3, -0.25) is 4.79 Å². The second-order valence-corrected chi connectivity index (χ2v) is 9.49. The van der Waals surface area contributed by atoms with Gasteiger partial charge in [-0.15, -0.1) is 0 Å². The van der Waals surface area contributed by atoms with Crippen molar-refractivity contribution < 1.29 is 20.1 Å². The molecule has 0 saturated heterocycles. The van der Waals surface area contributed by atoms with Crippen LogP contribution in [0.3, 0.4) is 0 Å². The summed E-state index contributed by atoms with van der Waals surface area (Å²) in [5.41, 5.74) is -0.231. The molecule has 0 heterocycles. The molecule has 4 fully saturated rings. The summed E-state index contributed by atoms with van der Waals surface area (Å²) in [4.78, 5) is 13.1. The van der Waals surface area contributed by atoms with Gasteiger partial charge < -0.3 is 15.3 Å². The van der Waals surface area contributed by atoms with Gasteiger partial charge in [0.25, 0.3) is 0 Å². The van der Waals surface area contributed by atoms with Gasteiger partial charge in [0.05, 0.1) is 18.3 Å². The molecule has 9 atom stereocenters. The normalized spacial score (nSPS) is 59.2. The molecular weight excluding hydrogens is 292 g/mol. The van der Waals surface area contributed by atoms with Crippen molar-refractivity contribution in [2.75, 3.05) is 0 Å². The second-order valence-electron chi connectivity index (χ2n) is 9.49. The molecule has 0 radical (unpaired) electrons. The summed E-state index contributed by atoms with van der Waals surface area (Å²) in [6, 6.07) is 0. The molecule has 0 amide bonds. The molecule has 4 aliphatic carbocycles. The molecule has 0 aromatic rings. The average molecular weight is 322 g/mol. The summed E-state index contributed by atoms with van der Waals surface area (Å²) in [7, 11) is 0. The maximum absolute atomic E-state index is 13.1. The molecule has 4 rings (SSSR count). The highest BCUT2D eigenvalue weighted by molar-refractivity contribution is 5.84. The van der Waals surface area contributed by atoms with Crippen LogP contribution in [0.4, 0.5) is 0 Å². The molecule has 0 unspecified atom stereocenters. The Morgan fingerprint density at radius 1 is 1.04 bits per heavy atom. The summed E-state index contributed by atoms with van der Waals surface area (Å²) >= 11 is 0. The molecule has 3 N–H and O–H groups in total. The van der Waals surface area contributed by atoms with E-state index in [4.69, 9.17) is 0 Å². The van der Waals surface area contributed by atoms with Gasteiger partial charge in [-0.25, -0.2) is 0 Å². The monoisotopic (exact) mass is 322 g/mol. The summed E-state index contributed by atoms with van der Waals surface area (Å²) in [5, 5.41) is 31.1. The highest BCUT2D eigenvalue weighted by Gasteiger charge is 2.64. The van der Waals surface area contributed by atoms with E-state index in [2.05, 4.69) is 13.8 Å². The van der Waals surface area contributed by atoms with Crippen molar-refractivity contribution in [2.24, 2.45) is 34.5 Å². The van der Waals surface area contributed by atoms with Crippen molar-refractivity contribution in [3.63, 3.8) is 0 Å². The Kier molecular flexibility index (Phi) is 3.51. The number of aliphatic hydroxyl groups excluding tert-OH is 3. The molecule has 23 heavy (non-hydrogen) atoms. The molecule has 4 nitrogen and oxygen atoms in total. The fourth-order valence-corrected chi connectivity index (χ4v) is 7.05. The van der Waals surface area contributed by atoms with E-state index in [-0.39, 0.29) is 46.7 Å². The Morgan fingerprint density at radius 3 is 2.52 bits per heavy atom. The van der Waals surface area contributed by atoms with E-state index in [0.29, 0.717) is 31.5 Å². The maximum atomic E-state index is 13.1. The Morgan fingerprint density at radius 2 is 1.78 bits per heavy atom. The molecule has 0 aromatic heterocycles. The van der Waals surface area contributed by atoms with Crippen molar-refractivity contribution >= 4 is 5.78 Å². The van der Waals surface area contributed by atoms with Crippen LogP contribution in [-0.2, 0) is 4.79 Å². The molecule has 0 bridgehead atoms. The molecule has 130 valence electrons. The lowest BCUT2D eigenvalue weighted by atomic mass is 9.44. The third kappa shape index (κ3) is 2.17.